The molecule has 6 heteroatoms. The molecule has 5 nitrogen and oxygen atoms in total. The summed E-state index contributed by atoms with van der Waals surface area (Å²) >= 11 is 5.86. The molecule has 0 radical (unpaired) electrons. The summed E-state index contributed by atoms with van der Waals surface area (Å²) in [6, 6.07) is 28.1. The smallest absolute Gasteiger partial charge is 0.344 e. The molecule has 0 aliphatic heterocycles. The van der Waals surface area contributed by atoms with Gasteiger partial charge in [-0.1, -0.05) is 66.2 Å². The monoisotopic (exact) mass is 452 g/mol. The van der Waals surface area contributed by atoms with Gasteiger partial charge in [0.1, 0.15) is 17.4 Å². The topological polar surface area (TPSA) is 79.2 Å². The maximum absolute atomic E-state index is 12.9. The van der Waals surface area contributed by atoms with Gasteiger partial charge in [0, 0.05) is 16.3 Å². The summed E-state index contributed by atoms with van der Waals surface area (Å²) in [5.74, 6) is -0.880. The lowest BCUT2D eigenvalue weighted by Crippen LogP contribution is -2.13. The SMILES string of the molecule is N#C/C(=C\c1ccccc1OC(=O)c1cccc2ccccc12)C(=O)Nc1ccc(Cl)cc1. The molecule has 4 rings (SSSR count). The highest BCUT2D eigenvalue weighted by molar-refractivity contribution is 6.30. The molecule has 0 aliphatic carbocycles. The van der Waals surface area contributed by atoms with Gasteiger partial charge in [0.2, 0.25) is 0 Å². The van der Waals surface area contributed by atoms with Crippen LogP contribution in [0.2, 0.25) is 5.02 Å². The highest BCUT2D eigenvalue weighted by atomic mass is 35.5. The minimum atomic E-state index is -0.588. The van der Waals surface area contributed by atoms with Gasteiger partial charge in [-0.15, -0.1) is 0 Å². The average molecular weight is 453 g/mol. The minimum absolute atomic E-state index is 0.140. The van der Waals surface area contributed by atoms with Crippen molar-refractivity contribution in [1.29, 1.82) is 5.26 Å². The van der Waals surface area contributed by atoms with Gasteiger partial charge >= 0.3 is 5.97 Å². The largest absolute Gasteiger partial charge is 0.422 e. The standard InChI is InChI=1S/C27H17ClN2O3/c28-21-12-14-22(15-13-21)30-26(31)20(17-29)16-19-7-2-4-11-25(19)33-27(32)24-10-5-8-18-6-1-3-9-23(18)24/h1-16H,(H,30,31)/b20-16+. The minimum Gasteiger partial charge on any atom is -0.422 e. The molecule has 160 valence electrons. The van der Waals surface area contributed by atoms with E-state index in [2.05, 4.69) is 5.32 Å². The van der Waals surface area contributed by atoms with Crippen LogP contribution in [0.5, 0.6) is 5.75 Å². The van der Waals surface area contributed by atoms with Gasteiger partial charge in [0.25, 0.3) is 5.91 Å². The lowest BCUT2D eigenvalue weighted by atomic mass is 10.0. The Morgan fingerprint density at radius 1 is 0.879 bits per heavy atom. The molecule has 1 amide bonds. The number of nitriles is 1. The van der Waals surface area contributed by atoms with Crippen LogP contribution in [0.4, 0.5) is 5.69 Å². The summed E-state index contributed by atoms with van der Waals surface area (Å²) in [5.41, 5.74) is 1.21. The predicted octanol–water partition coefficient (Wildman–Crippen LogP) is 6.26. The zero-order valence-corrected chi connectivity index (χ0v) is 18.0. The predicted molar refractivity (Wildman–Crippen MR) is 129 cm³/mol. The summed E-state index contributed by atoms with van der Waals surface area (Å²) in [6.07, 6.45) is 1.39. The lowest BCUT2D eigenvalue weighted by molar-refractivity contribution is -0.112. The van der Waals surface area contributed by atoms with Crippen molar-refractivity contribution in [1.82, 2.24) is 0 Å². The normalized spacial score (nSPS) is 11.0. The van der Waals surface area contributed by atoms with Crippen LogP contribution < -0.4 is 10.1 Å². The Labute approximate surface area is 195 Å². The van der Waals surface area contributed by atoms with E-state index in [1.165, 1.54) is 6.08 Å². The number of carbonyl (C=O) groups excluding carboxylic acids is 2. The molecule has 1 N–H and O–H groups in total. The van der Waals surface area contributed by atoms with Crippen molar-refractivity contribution in [2.45, 2.75) is 0 Å². The number of hydrogen-bond acceptors (Lipinski definition) is 4. The number of fused-ring (bicyclic) bond motifs is 1. The van der Waals surface area contributed by atoms with E-state index in [-0.39, 0.29) is 11.3 Å². The molecule has 0 saturated heterocycles. The molecule has 0 aromatic heterocycles. The second-order valence-electron chi connectivity index (χ2n) is 7.08. The number of nitrogens with one attached hydrogen (secondary N) is 1. The van der Waals surface area contributed by atoms with Crippen LogP contribution in [0.25, 0.3) is 16.8 Å². The number of esters is 1. The van der Waals surface area contributed by atoms with E-state index in [1.807, 2.05) is 36.4 Å². The second kappa shape index (κ2) is 9.82. The summed E-state index contributed by atoms with van der Waals surface area (Å²) in [7, 11) is 0. The van der Waals surface area contributed by atoms with Crippen LogP contribution in [-0.4, -0.2) is 11.9 Å². The molecular formula is C27H17ClN2O3. The van der Waals surface area contributed by atoms with E-state index in [0.717, 1.165) is 10.8 Å². The Morgan fingerprint density at radius 2 is 1.58 bits per heavy atom. The first kappa shape index (κ1) is 21.8. The van der Waals surface area contributed by atoms with E-state index >= 15 is 0 Å². The van der Waals surface area contributed by atoms with Gasteiger partial charge in [0.15, 0.2) is 0 Å². The third kappa shape index (κ3) is 5.09. The van der Waals surface area contributed by atoms with Crippen LogP contribution in [0.15, 0.2) is 96.6 Å². The summed E-state index contributed by atoms with van der Waals surface area (Å²) in [6.45, 7) is 0. The van der Waals surface area contributed by atoms with Crippen LogP contribution in [0.1, 0.15) is 15.9 Å². The van der Waals surface area contributed by atoms with Gasteiger partial charge < -0.3 is 10.1 Å². The number of nitrogens with zero attached hydrogens (tertiary/aromatic N) is 1. The van der Waals surface area contributed by atoms with Crippen molar-refractivity contribution < 1.29 is 14.3 Å². The van der Waals surface area contributed by atoms with Gasteiger partial charge in [-0.25, -0.2) is 4.79 Å². The first-order chi connectivity index (χ1) is 16.0. The molecule has 0 fully saturated rings. The number of ether oxygens (including phenoxy) is 1. The maximum Gasteiger partial charge on any atom is 0.344 e. The van der Waals surface area contributed by atoms with Crippen molar-refractivity contribution in [2.24, 2.45) is 0 Å². The fraction of sp³-hybridized carbons (Fsp3) is 0. The van der Waals surface area contributed by atoms with Crippen molar-refractivity contribution in [3.63, 3.8) is 0 Å². The molecule has 0 bridgehead atoms. The summed E-state index contributed by atoms with van der Waals surface area (Å²) in [4.78, 5) is 25.5. The number of hydrogen-bond donors (Lipinski definition) is 1. The van der Waals surface area contributed by atoms with Crippen molar-refractivity contribution in [3.05, 3.63) is 113 Å². The Balaban J connectivity index is 1.60. The number of rotatable bonds is 5. The molecule has 0 heterocycles. The van der Waals surface area contributed by atoms with Crippen molar-refractivity contribution in [3.8, 4) is 11.8 Å². The van der Waals surface area contributed by atoms with Crippen LogP contribution in [0, 0.1) is 11.3 Å². The Kier molecular flexibility index (Phi) is 6.49. The van der Waals surface area contributed by atoms with Crippen LogP contribution in [-0.2, 0) is 4.79 Å². The number of amides is 1. The Hall–Kier alpha value is -4.40. The molecule has 0 aliphatic rings. The Bertz CT molecular complexity index is 1410. The van der Waals surface area contributed by atoms with Crippen molar-refractivity contribution in [2.75, 3.05) is 5.32 Å². The van der Waals surface area contributed by atoms with E-state index in [1.54, 1.807) is 60.7 Å². The van der Waals surface area contributed by atoms with E-state index < -0.39 is 11.9 Å². The molecule has 33 heavy (non-hydrogen) atoms. The number of carbonyl (C=O) groups is 2. The molecule has 4 aromatic carbocycles. The van der Waals surface area contributed by atoms with Crippen LogP contribution in [0.3, 0.4) is 0 Å². The fourth-order valence-electron chi connectivity index (χ4n) is 3.29. The van der Waals surface area contributed by atoms with Gasteiger partial charge in [0.05, 0.1) is 5.56 Å². The molecular weight excluding hydrogens is 436 g/mol. The summed E-state index contributed by atoms with van der Waals surface area (Å²) in [5, 5.41) is 14.4. The van der Waals surface area contributed by atoms with Gasteiger partial charge in [-0.3, -0.25) is 4.79 Å². The first-order valence-corrected chi connectivity index (χ1v) is 10.4. The zero-order valence-electron chi connectivity index (χ0n) is 17.3. The van der Waals surface area contributed by atoms with Gasteiger partial charge in [-0.05, 0) is 53.2 Å². The Morgan fingerprint density at radius 3 is 2.36 bits per heavy atom. The highest BCUT2D eigenvalue weighted by Crippen LogP contribution is 2.25. The summed E-state index contributed by atoms with van der Waals surface area (Å²) < 4.78 is 5.66. The second-order valence-corrected chi connectivity index (χ2v) is 7.52. The first-order valence-electron chi connectivity index (χ1n) is 10.0. The average Bonchev–Trinajstić information content (AvgIpc) is 2.84. The lowest BCUT2D eigenvalue weighted by Gasteiger charge is -2.10. The zero-order chi connectivity index (χ0) is 23.2. The third-order valence-electron chi connectivity index (χ3n) is 4.90. The third-order valence-corrected chi connectivity index (χ3v) is 5.15. The van der Waals surface area contributed by atoms with Crippen LogP contribution >= 0.6 is 11.6 Å². The quantitative estimate of drug-likeness (QED) is 0.168. The number of anilines is 1. The highest BCUT2D eigenvalue weighted by Gasteiger charge is 2.16. The van der Waals surface area contributed by atoms with E-state index in [9.17, 15) is 14.9 Å². The molecule has 0 spiro atoms. The molecule has 4 aromatic rings. The maximum atomic E-state index is 12.9. The fourth-order valence-corrected chi connectivity index (χ4v) is 3.41. The molecule has 0 atom stereocenters. The molecule has 0 saturated carbocycles. The van der Waals surface area contributed by atoms with Crippen molar-refractivity contribution >= 4 is 46.0 Å². The number of benzene rings is 4. The molecule has 0 unspecified atom stereocenters. The van der Waals surface area contributed by atoms with E-state index in [0.29, 0.717) is 21.8 Å². The van der Waals surface area contributed by atoms with E-state index in [4.69, 9.17) is 16.3 Å². The number of halogens is 1. The number of para-hydroxylation sites is 1. The van der Waals surface area contributed by atoms with Gasteiger partial charge in [-0.2, -0.15) is 5.26 Å².